The number of para-hydroxylation sites is 2. The third-order valence-corrected chi connectivity index (χ3v) is 16.1. The van der Waals surface area contributed by atoms with Crippen molar-refractivity contribution in [3.05, 3.63) is 306 Å². The normalized spacial score (nSPS) is 13.4. The Morgan fingerprint density at radius 1 is 0.395 bits per heavy atom. The number of benzene rings is 11. The van der Waals surface area contributed by atoms with Crippen LogP contribution in [0.15, 0.2) is 277 Å². The highest BCUT2D eigenvalue weighted by atomic mass is 15.0. The Morgan fingerprint density at radius 2 is 0.908 bits per heavy atom. The smallest absolute Gasteiger partial charge is 0.160 e. The summed E-state index contributed by atoms with van der Waals surface area (Å²) >= 11 is 0. The van der Waals surface area contributed by atoms with Crippen LogP contribution in [-0.2, 0) is 5.41 Å². The summed E-state index contributed by atoms with van der Waals surface area (Å²) in [6, 6.07) is 94.6. The molecule has 13 aromatic rings. The van der Waals surface area contributed by atoms with Crippen molar-refractivity contribution in [2.75, 3.05) is 0 Å². The van der Waals surface area contributed by atoms with Gasteiger partial charge in [0.05, 0.1) is 33.2 Å². The molecule has 0 radical (unpaired) electrons. The zero-order valence-corrected chi connectivity index (χ0v) is 41.8. The van der Waals surface area contributed by atoms with Crippen LogP contribution in [0.5, 0.6) is 0 Å². The van der Waals surface area contributed by atoms with E-state index in [0.717, 1.165) is 66.7 Å². The lowest BCUT2D eigenvalue weighted by Crippen LogP contribution is -2.25. The van der Waals surface area contributed by atoms with Crippen molar-refractivity contribution < 1.29 is 0 Å². The van der Waals surface area contributed by atoms with Crippen molar-refractivity contribution in [3.63, 3.8) is 0 Å². The zero-order valence-electron chi connectivity index (χ0n) is 41.8. The van der Waals surface area contributed by atoms with Gasteiger partial charge in [-0.05, 0) is 117 Å². The van der Waals surface area contributed by atoms with Crippen molar-refractivity contribution in [2.24, 2.45) is 9.98 Å². The van der Waals surface area contributed by atoms with Crippen molar-refractivity contribution in [3.8, 4) is 44.8 Å². The van der Waals surface area contributed by atoms with Gasteiger partial charge in [-0.25, -0.2) is 9.98 Å². The van der Waals surface area contributed by atoms with Crippen LogP contribution in [0.2, 0.25) is 0 Å². The van der Waals surface area contributed by atoms with Crippen LogP contribution < -0.4 is 0 Å². The first-order chi connectivity index (χ1) is 37.6. The van der Waals surface area contributed by atoms with Gasteiger partial charge in [0.15, 0.2) is 5.84 Å². The SMILES string of the molecule is C=C(/N=C(\N=C(/C)c1ccccc1)c1ccccc1)c1cccc2c1c1cc(-c3ccc4c(c3)c3ccc5c(c3n4-c3ccccc3)-c3ccccc3C53c4ccccc4-c4ccccc43)ccc1n2-c1ccccc1. The molecule has 15 rings (SSSR count). The first-order valence-electron chi connectivity index (χ1n) is 26.1. The van der Waals surface area contributed by atoms with E-state index in [1.54, 1.807) is 0 Å². The molecule has 356 valence electrons. The predicted molar refractivity (Wildman–Crippen MR) is 318 cm³/mol. The second-order valence-electron chi connectivity index (χ2n) is 20.1. The molecule has 0 saturated heterocycles. The molecule has 4 nitrogen and oxygen atoms in total. The molecule has 2 aliphatic rings. The average molecular weight is 969 g/mol. The molecule has 1 spiro atoms. The fourth-order valence-electron chi connectivity index (χ4n) is 12.9. The second-order valence-corrected chi connectivity index (χ2v) is 20.1. The molecule has 0 aliphatic heterocycles. The van der Waals surface area contributed by atoms with E-state index in [1.807, 2.05) is 43.3 Å². The van der Waals surface area contributed by atoms with E-state index < -0.39 is 5.41 Å². The lowest BCUT2D eigenvalue weighted by atomic mass is 9.70. The number of rotatable bonds is 7. The zero-order chi connectivity index (χ0) is 50.5. The molecular formula is C72H48N4. The summed E-state index contributed by atoms with van der Waals surface area (Å²) in [5, 5.41) is 4.65. The van der Waals surface area contributed by atoms with Gasteiger partial charge in [0, 0.05) is 55.3 Å². The molecule has 2 aromatic heterocycles. The summed E-state index contributed by atoms with van der Waals surface area (Å²) in [5.74, 6) is 0.613. The van der Waals surface area contributed by atoms with Gasteiger partial charge in [-0.2, -0.15) is 0 Å². The van der Waals surface area contributed by atoms with E-state index >= 15 is 0 Å². The highest BCUT2D eigenvalue weighted by Crippen LogP contribution is 2.64. The quantitative estimate of drug-likeness (QED) is 0.113. The molecule has 0 bridgehead atoms. The molecule has 0 saturated carbocycles. The topological polar surface area (TPSA) is 34.6 Å². The Labute approximate surface area is 441 Å². The van der Waals surface area contributed by atoms with E-state index in [1.165, 1.54) is 66.3 Å². The Bertz CT molecular complexity index is 4530. The molecule has 4 heteroatoms. The Kier molecular flexibility index (Phi) is 9.82. The molecule has 2 heterocycles. The Balaban J connectivity index is 0.949. The van der Waals surface area contributed by atoms with Crippen molar-refractivity contribution in [1.29, 1.82) is 0 Å². The monoisotopic (exact) mass is 968 g/mol. The Hall–Kier alpha value is -9.90. The highest BCUT2D eigenvalue weighted by molar-refractivity contribution is 6.19. The molecule has 11 aromatic carbocycles. The fraction of sp³-hybridized carbons (Fsp3) is 0.0278. The molecule has 2 aliphatic carbocycles. The van der Waals surface area contributed by atoms with E-state index in [4.69, 9.17) is 16.6 Å². The largest absolute Gasteiger partial charge is 0.309 e. The number of nitrogens with zero attached hydrogens (tertiary/aromatic N) is 4. The van der Waals surface area contributed by atoms with Crippen molar-refractivity contribution >= 4 is 60.9 Å². The maximum absolute atomic E-state index is 5.30. The van der Waals surface area contributed by atoms with Crippen LogP contribution in [0, 0.1) is 0 Å². The van der Waals surface area contributed by atoms with Crippen LogP contribution in [-0.4, -0.2) is 20.7 Å². The van der Waals surface area contributed by atoms with Gasteiger partial charge in [0.1, 0.15) is 0 Å². The van der Waals surface area contributed by atoms with E-state index in [2.05, 4.69) is 234 Å². The summed E-state index contributed by atoms with van der Waals surface area (Å²) < 4.78 is 4.88. The second kappa shape index (κ2) is 17.1. The van der Waals surface area contributed by atoms with Crippen LogP contribution in [0.4, 0.5) is 0 Å². The molecule has 0 atom stereocenters. The first-order valence-corrected chi connectivity index (χ1v) is 26.1. The van der Waals surface area contributed by atoms with Gasteiger partial charge in [-0.3, -0.25) is 0 Å². The van der Waals surface area contributed by atoms with Gasteiger partial charge in [-0.1, -0.05) is 213 Å². The minimum atomic E-state index is -0.447. The van der Waals surface area contributed by atoms with Crippen LogP contribution in [0.3, 0.4) is 0 Å². The van der Waals surface area contributed by atoms with Crippen molar-refractivity contribution in [2.45, 2.75) is 12.3 Å². The minimum Gasteiger partial charge on any atom is -0.309 e. The molecule has 0 unspecified atom stereocenters. The minimum absolute atomic E-state index is 0.447. The summed E-state index contributed by atoms with van der Waals surface area (Å²) in [4.78, 5) is 10.5. The summed E-state index contributed by atoms with van der Waals surface area (Å²) in [7, 11) is 0. The first kappa shape index (κ1) is 43.7. The number of amidine groups is 1. The van der Waals surface area contributed by atoms with E-state index in [-0.39, 0.29) is 0 Å². The maximum atomic E-state index is 5.30. The Morgan fingerprint density at radius 3 is 1.54 bits per heavy atom. The molecule has 0 fully saturated rings. The number of hydrogen-bond acceptors (Lipinski definition) is 1. The molecule has 76 heavy (non-hydrogen) atoms. The predicted octanol–water partition coefficient (Wildman–Crippen LogP) is 17.8. The number of aromatic nitrogens is 2. The lowest BCUT2D eigenvalue weighted by molar-refractivity contribution is 0.794. The highest BCUT2D eigenvalue weighted by Gasteiger charge is 2.52. The summed E-state index contributed by atoms with van der Waals surface area (Å²) in [5.41, 5.74) is 23.6. The summed E-state index contributed by atoms with van der Waals surface area (Å²) in [6.07, 6.45) is 0. The number of aliphatic imine (C=N–C) groups is 2. The van der Waals surface area contributed by atoms with Crippen LogP contribution in [0.25, 0.3) is 94.1 Å². The molecular weight excluding hydrogens is 921 g/mol. The van der Waals surface area contributed by atoms with Gasteiger partial charge >= 0.3 is 0 Å². The summed E-state index contributed by atoms with van der Waals surface area (Å²) in [6.45, 7) is 6.74. The fourth-order valence-corrected chi connectivity index (χ4v) is 12.9. The third kappa shape index (κ3) is 6.37. The van der Waals surface area contributed by atoms with Crippen LogP contribution >= 0.6 is 0 Å². The lowest BCUT2D eigenvalue weighted by Gasteiger charge is -2.30. The third-order valence-electron chi connectivity index (χ3n) is 16.1. The number of hydrogen-bond donors (Lipinski definition) is 0. The number of fused-ring (bicyclic) bond motifs is 17. The molecule has 0 N–H and O–H groups in total. The average Bonchev–Trinajstić information content (AvgIpc) is 4.23. The van der Waals surface area contributed by atoms with Crippen LogP contribution in [0.1, 0.15) is 45.9 Å². The maximum Gasteiger partial charge on any atom is 0.160 e. The van der Waals surface area contributed by atoms with E-state index in [0.29, 0.717) is 11.5 Å². The van der Waals surface area contributed by atoms with Gasteiger partial charge in [0.25, 0.3) is 0 Å². The van der Waals surface area contributed by atoms with E-state index in [9.17, 15) is 0 Å². The van der Waals surface area contributed by atoms with Crippen molar-refractivity contribution in [1.82, 2.24) is 9.13 Å². The standard InChI is InChI=1S/C72H48N4/c1-46(48-22-7-3-8-23-48)73-71(49-24-9-4-10-25-49)74-47(2)54-33-21-37-67-68(54)60-45-51(39-43-66(60)75(67)52-26-11-5-12-27-52)50-38-42-65-59(44-50)57-40-41-64-69(70(57)76(65)53-28-13-6-14-29-53)58-32-17-20-36-63(58)72(64)61-34-18-15-30-55(61)56-31-16-19-35-62(56)72/h3-45H,2H2,1H3/b73-46+,74-71-. The van der Waals surface area contributed by atoms with Gasteiger partial charge < -0.3 is 9.13 Å². The van der Waals surface area contributed by atoms with Gasteiger partial charge in [-0.15, -0.1) is 0 Å². The molecule has 0 amide bonds. The van der Waals surface area contributed by atoms with Gasteiger partial charge in [0.2, 0.25) is 0 Å².